The molecular weight excluding hydrogens is 572 g/mol. The lowest BCUT2D eigenvalue weighted by atomic mass is 10.1. The first-order chi connectivity index (χ1) is 16.4. The second-order valence-corrected chi connectivity index (χ2v) is 11.6. The average Bonchev–Trinajstić information content (AvgIpc) is 3.34. The molecule has 0 aliphatic carbocycles. The second-order valence-electron chi connectivity index (χ2n) is 8.12. The number of aromatic carboxylic acids is 1. The minimum absolute atomic E-state index is 0.0125. The van der Waals surface area contributed by atoms with Crippen molar-refractivity contribution in [3.05, 3.63) is 33.8 Å². The number of carbonyl (C=O) groups is 1. The van der Waals surface area contributed by atoms with Gasteiger partial charge in [0.15, 0.2) is 10.7 Å². The number of nitrogens with one attached hydrogen (secondary N) is 1. The van der Waals surface area contributed by atoms with Crippen LogP contribution >= 0.6 is 34.5 Å². The molecule has 10 nitrogen and oxygen atoms in total. The maximum absolute atomic E-state index is 12.8. The van der Waals surface area contributed by atoms with Crippen LogP contribution < -0.4 is 4.72 Å². The molecule has 0 bridgehead atoms. The molecule has 196 valence electrons. The Morgan fingerprint density at radius 3 is 2.42 bits per heavy atom. The fourth-order valence-electron chi connectivity index (χ4n) is 2.80. The van der Waals surface area contributed by atoms with E-state index in [9.17, 15) is 36.6 Å². The molecule has 17 heteroatoms. The first-order valence-corrected chi connectivity index (χ1v) is 12.8. The molecule has 0 amide bonds. The maximum atomic E-state index is 12.8. The fraction of sp³-hybridized carbons (Fsp3) is 0.368. The van der Waals surface area contributed by atoms with Gasteiger partial charge in [-0.25, -0.2) is 18.2 Å². The zero-order valence-electron chi connectivity index (χ0n) is 18.5. The van der Waals surface area contributed by atoms with E-state index in [1.807, 2.05) is 0 Å². The SMILES string of the molecule is C[C@H](NS(=O)(=O)c1ccc(-c2sc(-c3nnc(CC(C)(C)O)o3)nc2C(=O)O)c(Cl)c1Cl)C(F)(F)F. The van der Waals surface area contributed by atoms with E-state index in [0.29, 0.717) is 6.92 Å². The molecular formula is C19H17Cl2F3N4O6S2. The van der Waals surface area contributed by atoms with Gasteiger partial charge in [0.25, 0.3) is 5.89 Å². The third kappa shape index (κ3) is 6.15. The largest absolute Gasteiger partial charge is 0.476 e. The van der Waals surface area contributed by atoms with Crippen LogP contribution in [0.4, 0.5) is 13.2 Å². The number of aliphatic hydroxyl groups is 1. The number of halogens is 5. The van der Waals surface area contributed by atoms with Gasteiger partial charge >= 0.3 is 12.1 Å². The summed E-state index contributed by atoms with van der Waals surface area (Å²) in [6, 6.07) is -0.415. The minimum Gasteiger partial charge on any atom is -0.476 e. The third-order valence-corrected chi connectivity index (χ3v) is 8.12. The van der Waals surface area contributed by atoms with Crippen molar-refractivity contribution < 1.29 is 41.0 Å². The van der Waals surface area contributed by atoms with Crippen molar-refractivity contribution in [2.24, 2.45) is 0 Å². The van der Waals surface area contributed by atoms with Crippen molar-refractivity contribution in [1.29, 1.82) is 0 Å². The van der Waals surface area contributed by atoms with Crippen molar-refractivity contribution in [2.75, 3.05) is 0 Å². The van der Waals surface area contributed by atoms with E-state index in [4.69, 9.17) is 27.6 Å². The van der Waals surface area contributed by atoms with Gasteiger partial charge in [-0.1, -0.05) is 29.3 Å². The molecule has 3 N–H and O–H groups in total. The number of aromatic nitrogens is 3. The highest BCUT2D eigenvalue weighted by atomic mass is 35.5. The van der Waals surface area contributed by atoms with Gasteiger partial charge in [0.2, 0.25) is 15.9 Å². The minimum atomic E-state index is -4.85. The molecule has 0 aliphatic heterocycles. The Morgan fingerprint density at radius 1 is 1.22 bits per heavy atom. The van der Waals surface area contributed by atoms with Gasteiger partial charge < -0.3 is 14.6 Å². The zero-order valence-corrected chi connectivity index (χ0v) is 21.7. The van der Waals surface area contributed by atoms with Crippen LogP contribution in [0.5, 0.6) is 0 Å². The van der Waals surface area contributed by atoms with E-state index in [1.54, 1.807) is 0 Å². The Labute approximate surface area is 216 Å². The average molecular weight is 589 g/mol. The van der Waals surface area contributed by atoms with Crippen LogP contribution in [0.3, 0.4) is 0 Å². The summed E-state index contributed by atoms with van der Waals surface area (Å²) >= 11 is 13.1. The van der Waals surface area contributed by atoms with E-state index in [-0.39, 0.29) is 33.7 Å². The molecule has 0 spiro atoms. The summed E-state index contributed by atoms with van der Waals surface area (Å²) in [6.45, 7) is 3.66. The number of hydrogen-bond acceptors (Lipinski definition) is 9. The summed E-state index contributed by atoms with van der Waals surface area (Å²) in [6.07, 6.45) is -4.83. The Hall–Kier alpha value is -2.30. The van der Waals surface area contributed by atoms with Crippen LogP contribution in [0.15, 0.2) is 21.4 Å². The number of rotatable bonds is 8. The summed E-state index contributed by atoms with van der Waals surface area (Å²) in [5.74, 6) is -1.53. The van der Waals surface area contributed by atoms with Crippen LogP contribution in [0.2, 0.25) is 10.0 Å². The molecule has 0 saturated carbocycles. The summed E-state index contributed by atoms with van der Waals surface area (Å²) in [4.78, 5) is 15.0. The van der Waals surface area contributed by atoms with E-state index in [1.165, 1.54) is 18.6 Å². The second kappa shape index (κ2) is 9.87. The van der Waals surface area contributed by atoms with Gasteiger partial charge in [-0.2, -0.15) is 17.9 Å². The van der Waals surface area contributed by atoms with Crippen LogP contribution in [0, 0.1) is 0 Å². The lowest BCUT2D eigenvalue weighted by molar-refractivity contribution is -0.147. The molecule has 3 rings (SSSR count). The number of carboxylic acids is 1. The summed E-state index contributed by atoms with van der Waals surface area (Å²) in [5.41, 5.74) is -1.68. The Balaban J connectivity index is 2.04. The molecule has 2 heterocycles. The molecule has 0 fully saturated rings. The van der Waals surface area contributed by atoms with Crippen molar-refractivity contribution in [2.45, 2.75) is 49.9 Å². The number of benzene rings is 1. The third-order valence-electron chi connectivity index (χ3n) is 4.47. The van der Waals surface area contributed by atoms with E-state index < -0.39 is 54.4 Å². The number of thiazole rings is 1. The fourth-order valence-corrected chi connectivity index (χ4v) is 5.96. The first kappa shape index (κ1) is 28.3. The molecule has 36 heavy (non-hydrogen) atoms. The van der Waals surface area contributed by atoms with Gasteiger partial charge in [-0.3, -0.25) is 0 Å². The summed E-state index contributed by atoms with van der Waals surface area (Å²) in [7, 11) is -4.74. The molecule has 1 aromatic carbocycles. The highest BCUT2D eigenvalue weighted by Crippen LogP contribution is 2.43. The van der Waals surface area contributed by atoms with Crippen LogP contribution in [0.25, 0.3) is 21.3 Å². The molecule has 0 saturated heterocycles. The molecule has 0 unspecified atom stereocenters. The highest BCUT2D eigenvalue weighted by molar-refractivity contribution is 7.89. The number of hydrogen-bond donors (Lipinski definition) is 3. The first-order valence-electron chi connectivity index (χ1n) is 9.77. The molecule has 3 aromatic rings. The molecule has 2 aromatic heterocycles. The van der Waals surface area contributed by atoms with Crippen molar-refractivity contribution >= 4 is 50.5 Å². The number of nitrogens with zero attached hydrogens (tertiary/aromatic N) is 3. The normalized spacial score (nSPS) is 13.7. The van der Waals surface area contributed by atoms with Gasteiger partial charge in [-0.05, 0) is 26.8 Å². The molecule has 1 atom stereocenters. The lowest BCUT2D eigenvalue weighted by Gasteiger charge is -2.18. The van der Waals surface area contributed by atoms with Gasteiger partial charge in [0.05, 0.1) is 26.9 Å². The van der Waals surface area contributed by atoms with Gasteiger partial charge in [0, 0.05) is 5.56 Å². The molecule has 0 aliphatic rings. The van der Waals surface area contributed by atoms with E-state index in [0.717, 1.165) is 23.5 Å². The van der Waals surface area contributed by atoms with Crippen molar-refractivity contribution in [1.82, 2.24) is 19.9 Å². The van der Waals surface area contributed by atoms with Crippen molar-refractivity contribution in [3.63, 3.8) is 0 Å². The molecule has 0 radical (unpaired) electrons. The van der Waals surface area contributed by atoms with Crippen LogP contribution in [-0.2, 0) is 16.4 Å². The predicted molar refractivity (Wildman–Crippen MR) is 124 cm³/mol. The zero-order chi connectivity index (χ0) is 27.2. The summed E-state index contributed by atoms with van der Waals surface area (Å²) in [5, 5.41) is 26.0. The predicted octanol–water partition coefficient (Wildman–Crippen LogP) is 4.41. The number of alkyl halides is 3. The standard InChI is InChI=1S/C19H17Cl2F3N4O6S2/c1-7(19(22,23)24)28-36(32,33)9-5-4-8(11(20)12(9)21)14-13(17(29)30)25-16(35-14)15-27-26-10(34-15)6-18(2,3)31/h4-5,7,28,31H,6H2,1-3H3,(H,29,30)/t7-/m0/s1. The number of carboxylic acid groups (broad SMARTS) is 1. The topological polar surface area (TPSA) is 156 Å². The van der Waals surface area contributed by atoms with Gasteiger partial charge in [0.1, 0.15) is 10.9 Å². The summed E-state index contributed by atoms with van der Waals surface area (Å²) < 4.78 is 70.3. The Bertz CT molecular complexity index is 1420. The lowest BCUT2D eigenvalue weighted by Crippen LogP contribution is -2.43. The monoisotopic (exact) mass is 588 g/mol. The Morgan fingerprint density at radius 2 is 1.86 bits per heavy atom. The quantitative estimate of drug-likeness (QED) is 0.347. The van der Waals surface area contributed by atoms with Crippen molar-refractivity contribution in [3.8, 4) is 21.3 Å². The van der Waals surface area contributed by atoms with Crippen LogP contribution in [0.1, 0.15) is 37.2 Å². The number of sulfonamides is 1. The van der Waals surface area contributed by atoms with E-state index >= 15 is 0 Å². The van der Waals surface area contributed by atoms with E-state index in [2.05, 4.69) is 15.2 Å². The van der Waals surface area contributed by atoms with Crippen LogP contribution in [-0.4, -0.2) is 57.6 Å². The Kier molecular flexibility index (Phi) is 7.75. The maximum Gasteiger partial charge on any atom is 0.404 e. The van der Waals surface area contributed by atoms with Gasteiger partial charge in [-0.15, -0.1) is 21.5 Å². The highest BCUT2D eigenvalue weighted by Gasteiger charge is 2.39. The smallest absolute Gasteiger partial charge is 0.404 e.